The topological polar surface area (TPSA) is 62.1 Å². The summed E-state index contributed by atoms with van der Waals surface area (Å²) in [6, 6.07) is 17.9. The van der Waals surface area contributed by atoms with Gasteiger partial charge in [0.05, 0.1) is 0 Å². The molecule has 8 heteroatoms. The maximum absolute atomic E-state index is 6.06. The monoisotopic (exact) mass is 422 g/mol. The highest BCUT2D eigenvalue weighted by atomic mass is 32.2. The molecule has 2 aromatic carbocycles. The molecule has 0 spiro atoms. The van der Waals surface area contributed by atoms with E-state index in [9.17, 15) is 0 Å². The minimum Gasteiger partial charge on any atom is -0.485 e. The summed E-state index contributed by atoms with van der Waals surface area (Å²) < 4.78 is 13.8. The molecular weight excluding hydrogens is 404 g/mol. The van der Waals surface area contributed by atoms with Crippen LogP contribution in [0.2, 0.25) is 0 Å². The summed E-state index contributed by atoms with van der Waals surface area (Å²) in [5.74, 6) is 3.05. The van der Waals surface area contributed by atoms with Gasteiger partial charge in [0.1, 0.15) is 11.6 Å². The lowest BCUT2D eigenvalue weighted by Gasteiger charge is -2.25. The van der Waals surface area contributed by atoms with Gasteiger partial charge < -0.3 is 14.0 Å². The molecule has 5 rings (SSSR count). The van der Waals surface area contributed by atoms with Gasteiger partial charge in [0.15, 0.2) is 28.6 Å². The lowest BCUT2D eigenvalue weighted by molar-refractivity contribution is 0.0825. The first-order valence-electron chi connectivity index (χ1n) is 9.18. The second-order valence-electron chi connectivity index (χ2n) is 6.55. The standard InChI is InChI=1S/C21H18N4O2S2/c1-25-19(18-12-26-16-9-5-6-10-17(16)27-18)23-24-21(25)28-13-15-11-22-20(29-15)14-7-3-2-4-8-14/h2-11,18H,12-13H2,1H3/t18-/m1/s1. The fourth-order valence-corrected chi connectivity index (χ4v) is 4.96. The zero-order valence-corrected chi connectivity index (χ0v) is 17.3. The number of hydrogen-bond acceptors (Lipinski definition) is 7. The highest BCUT2D eigenvalue weighted by molar-refractivity contribution is 7.98. The summed E-state index contributed by atoms with van der Waals surface area (Å²) in [4.78, 5) is 5.75. The van der Waals surface area contributed by atoms with Crippen LogP contribution in [0.4, 0.5) is 0 Å². The van der Waals surface area contributed by atoms with Crippen LogP contribution < -0.4 is 9.47 Å². The Kier molecular flexibility index (Phi) is 4.95. The van der Waals surface area contributed by atoms with Gasteiger partial charge in [-0.1, -0.05) is 54.2 Å². The van der Waals surface area contributed by atoms with Crippen molar-refractivity contribution in [3.63, 3.8) is 0 Å². The number of benzene rings is 2. The van der Waals surface area contributed by atoms with Crippen LogP contribution in [-0.4, -0.2) is 26.4 Å². The van der Waals surface area contributed by atoms with Crippen molar-refractivity contribution in [1.82, 2.24) is 19.7 Å². The van der Waals surface area contributed by atoms with Gasteiger partial charge in [0, 0.05) is 29.4 Å². The first-order chi connectivity index (χ1) is 14.3. The predicted octanol–water partition coefficient (Wildman–Crippen LogP) is 4.74. The van der Waals surface area contributed by atoms with Crippen LogP contribution in [0.3, 0.4) is 0 Å². The molecule has 0 saturated carbocycles. The van der Waals surface area contributed by atoms with Gasteiger partial charge in [-0.25, -0.2) is 4.98 Å². The number of fused-ring (bicyclic) bond motifs is 1. The van der Waals surface area contributed by atoms with Gasteiger partial charge in [-0.15, -0.1) is 21.5 Å². The number of nitrogens with zero attached hydrogens (tertiary/aromatic N) is 4. The van der Waals surface area contributed by atoms with E-state index in [0.717, 1.165) is 38.8 Å². The summed E-state index contributed by atoms with van der Waals surface area (Å²) in [5, 5.41) is 10.6. The van der Waals surface area contributed by atoms with Crippen LogP contribution in [-0.2, 0) is 12.8 Å². The summed E-state index contributed by atoms with van der Waals surface area (Å²) in [6.07, 6.45) is 1.66. The van der Waals surface area contributed by atoms with Crippen LogP contribution in [0.5, 0.6) is 11.5 Å². The molecule has 0 N–H and O–H groups in total. The number of hydrogen-bond donors (Lipinski definition) is 0. The van der Waals surface area contributed by atoms with Gasteiger partial charge in [-0.05, 0) is 12.1 Å². The van der Waals surface area contributed by atoms with Gasteiger partial charge in [-0.2, -0.15) is 0 Å². The third-order valence-corrected chi connectivity index (χ3v) is 6.88. The molecule has 2 aromatic heterocycles. The van der Waals surface area contributed by atoms with E-state index in [0.29, 0.717) is 6.61 Å². The molecule has 0 saturated heterocycles. The van der Waals surface area contributed by atoms with E-state index >= 15 is 0 Å². The van der Waals surface area contributed by atoms with Crippen LogP contribution in [0.15, 0.2) is 66.0 Å². The maximum Gasteiger partial charge on any atom is 0.192 e. The highest BCUT2D eigenvalue weighted by Gasteiger charge is 2.27. The zero-order valence-electron chi connectivity index (χ0n) is 15.7. The molecule has 146 valence electrons. The predicted molar refractivity (Wildman–Crippen MR) is 113 cm³/mol. The summed E-state index contributed by atoms with van der Waals surface area (Å²) >= 11 is 3.35. The zero-order chi connectivity index (χ0) is 19.6. The fraction of sp³-hybridized carbons (Fsp3) is 0.190. The largest absolute Gasteiger partial charge is 0.485 e. The van der Waals surface area contributed by atoms with E-state index in [1.54, 1.807) is 23.1 Å². The number of aromatic nitrogens is 4. The number of ether oxygens (including phenoxy) is 2. The van der Waals surface area contributed by atoms with Gasteiger partial charge in [0.2, 0.25) is 0 Å². The number of rotatable bonds is 5. The van der Waals surface area contributed by atoms with Crippen LogP contribution >= 0.6 is 23.1 Å². The van der Waals surface area contributed by atoms with Gasteiger partial charge in [0.25, 0.3) is 0 Å². The average molecular weight is 423 g/mol. The average Bonchev–Trinajstić information content (AvgIpc) is 3.39. The van der Waals surface area contributed by atoms with E-state index < -0.39 is 0 Å². The summed E-state index contributed by atoms with van der Waals surface area (Å²) in [7, 11) is 1.96. The molecule has 0 aliphatic carbocycles. The molecular formula is C21H18N4O2S2. The lowest BCUT2D eigenvalue weighted by Crippen LogP contribution is -2.24. The van der Waals surface area contributed by atoms with Crippen molar-refractivity contribution in [2.75, 3.05) is 6.61 Å². The van der Waals surface area contributed by atoms with E-state index in [2.05, 4.69) is 27.3 Å². The minimum atomic E-state index is -0.273. The number of thiazole rings is 1. The van der Waals surface area contributed by atoms with Crippen LogP contribution in [0.1, 0.15) is 16.8 Å². The second kappa shape index (κ2) is 7.88. The Morgan fingerprint density at radius 3 is 2.72 bits per heavy atom. The third-order valence-electron chi connectivity index (χ3n) is 4.58. The summed E-state index contributed by atoms with van der Waals surface area (Å²) in [5.41, 5.74) is 1.14. The fourth-order valence-electron chi connectivity index (χ4n) is 3.10. The van der Waals surface area contributed by atoms with Crippen molar-refractivity contribution in [2.24, 2.45) is 7.05 Å². The van der Waals surface area contributed by atoms with Crippen molar-refractivity contribution in [1.29, 1.82) is 0 Å². The highest BCUT2D eigenvalue weighted by Crippen LogP contribution is 2.36. The van der Waals surface area contributed by atoms with E-state index in [1.165, 1.54) is 4.88 Å². The van der Waals surface area contributed by atoms with E-state index in [-0.39, 0.29) is 6.10 Å². The van der Waals surface area contributed by atoms with Crippen molar-refractivity contribution < 1.29 is 9.47 Å². The van der Waals surface area contributed by atoms with Gasteiger partial charge in [-0.3, -0.25) is 0 Å². The first kappa shape index (κ1) is 18.2. The lowest BCUT2D eigenvalue weighted by atomic mass is 10.2. The van der Waals surface area contributed by atoms with E-state index in [1.807, 2.05) is 60.3 Å². The molecule has 0 unspecified atom stereocenters. The molecule has 3 heterocycles. The number of thioether (sulfide) groups is 1. The van der Waals surface area contributed by atoms with Gasteiger partial charge >= 0.3 is 0 Å². The molecule has 4 aromatic rings. The second-order valence-corrected chi connectivity index (χ2v) is 8.61. The molecule has 0 bridgehead atoms. The molecule has 0 fully saturated rings. The third kappa shape index (κ3) is 3.73. The Hall–Kier alpha value is -2.84. The molecule has 29 heavy (non-hydrogen) atoms. The quantitative estimate of drug-likeness (QED) is 0.433. The Labute approximate surface area is 176 Å². The maximum atomic E-state index is 6.06. The Balaban J connectivity index is 1.27. The van der Waals surface area contributed by atoms with Crippen LogP contribution in [0.25, 0.3) is 10.6 Å². The normalized spacial score (nSPS) is 15.4. The SMILES string of the molecule is Cn1c(SCc2cnc(-c3ccccc3)s2)nnc1[C@H]1COc2ccccc2O1. The number of para-hydroxylation sites is 2. The van der Waals surface area contributed by atoms with Crippen LogP contribution in [0, 0.1) is 0 Å². The summed E-state index contributed by atoms with van der Waals surface area (Å²) in [6.45, 7) is 0.420. The molecule has 1 aliphatic heterocycles. The molecule has 1 atom stereocenters. The van der Waals surface area contributed by atoms with Crippen molar-refractivity contribution in [2.45, 2.75) is 17.0 Å². The van der Waals surface area contributed by atoms with Crippen molar-refractivity contribution in [3.05, 3.63) is 71.5 Å². The molecule has 0 amide bonds. The Morgan fingerprint density at radius 1 is 1.07 bits per heavy atom. The Bertz CT molecular complexity index is 1130. The van der Waals surface area contributed by atoms with Crippen molar-refractivity contribution >= 4 is 23.1 Å². The van der Waals surface area contributed by atoms with Crippen molar-refractivity contribution in [3.8, 4) is 22.1 Å². The Morgan fingerprint density at radius 2 is 1.86 bits per heavy atom. The molecule has 6 nitrogen and oxygen atoms in total. The minimum absolute atomic E-state index is 0.273. The molecule has 1 aliphatic rings. The smallest absolute Gasteiger partial charge is 0.192 e. The molecule has 0 radical (unpaired) electrons. The van der Waals surface area contributed by atoms with E-state index in [4.69, 9.17) is 9.47 Å². The first-order valence-corrected chi connectivity index (χ1v) is 11.0.